The van der Waals surface area contributed by atoms with Crippen LogP contribution >= 0.6 is 0 Å². The van der Waals surface area contributed by atoms with Crippen LogP contribution in [0.25, 0.3) is 0 Å². The Morgan fingerprint density at radius 1 is 0.897 bits per heavy atom. The summed E-state index contributed by atoms with van der Waals surface area (Å²) in [6.07, 6.45) is -10.1. The summed E-state index contributed by atoms with van der Waals surface area (Å²) in [4.78, 5) is 12.2. The summed E-state index contributed by atoms with van der Waals surface area (Å²) in [7, 11) is 2.52. The van der Waals surface area contributed by atoms with Crippen LogP contribution in [0.1, 0.15) is 27.0 Å². The largest absolute Gasteiger partial charge is 0.502 e. The van der Waals surface area contributed by atoms with Crippen molar-refractivity contribution in [2.24, 2.45) is 0 Å². The molecule has 0 bridgehead atoms. The molecule has 0 saturated heterocycles. The van der Waals surface area contributed by atoms with Gasteiger partial charge in [0.25, 0.3) is 5.91 Å². The molecule has 0 spiro atoms. The fourth-order valence-corrected chi connectivity index (χ4v) is 2.42. The van der Waals surface area contributed by atoms with Crippen LogP contribution in [0.4, 0.5) is 26.3 Å². The van der Waals surface area contributed by atoms with Crippen molar-refractivity contribution in [2.45, 2.75) is 18.9 Å². The Labute approximate surface area is 160 Å². The number of aromatic hydroxyl groups is 1. The maximum absolute atomic E-state index is 12.9. The molecule has 0 aliphatic rings. The van der Waals surface area contributed by atoms with Crippen molar-refractivity contribution in [3.8, 4) is 17.2 Å². The van der Waals surface area contributed by atoms with Crippen molar-refractivity contribution in [3.05, 3.63) is 52.6 Å². The minimum atomic E-state index is -5.06. The molecule has 1 amide bonds. The lowest BCUT2D eigenvalue weighted by atomic mass is 10.0. The van der Waals surface area contributed by atoms with E-state index in [1.165, 1.54) is 26.4 Å². The van der Waals surface area contributed by atoms with Crippen molar-refractivity contribution in [1.82, 2.24) is 5.32 Å². The molecule has 0 unspecified atom stereocenters. The highest BCUT2D eigenvalue weighted by Gasteiger charge is 2.37. The lowest BCUT2D eigenvalue weighted by Crippen LogP contribution is -2.24. The second-order valence-electron chi connectivity index (χ2n) is 5.83. The number of benzene rings is 2. The number of phenols is 1. The molecular formula is C18H15F6NO4. The van der Waals surface area contributed by atoms with Crippen LogP contribution in [-0.4, -0.2) is 25.2 Å². The van der Waals surface area contributed by atoms with Crippen molar-refractivity contribution in [3.63, 3.8) is 0 Å². The van der Waals surface area contributed by atoms with Crippen LogP contribution in [0, 0.1) is 0 Å². The Balaban J connectivity index is 2.32. The van der Waals surface area contributed by atoms with E-state index in [0.29, 0.717) is 17.7 Å². The number of phenolic OH excluding ortho intramolecular Hbond substituents is 1. The summed E-state index contributed by atoms with van der Waals surface area (Å²) in [5.74, 6) is -1.44. The molecule has 0 aliphatic carbocycles. The second-order valence-corrected chi connectivity index (χ2v) is 5.83. The first kappa shape index (κ1) is 22.2. The van der Waals surface area contributed by atoms with Crippen molar-refractivity contribution in [1.29, 1.82) is 0 Å². The number of rotatable bonds is 5. The third kappa shape index (κ3) is 5.24. The first-order chi connectivity index (χ1) is 13.4. The van der Waals surface area contributed by atoms with E-state index >= 15 is 0 Å². The van der Waals surface area contributed by atoms with E-state index in [9.17, 15) is 36.2 Å². The van der Waals surface area contributed by atoms with Gasteiger partial charge >= 0.3 is 12.4 Å². The molecule has 0 aliphatic heterocycles. The van der Waals surface area contributed by atoms with Crippen LogP contribution in [0.3, 0.4) is 0 Å². The average molecular weight is 423 g/mol. The predicted octanol–water partition coefficient (Wildman–Crippen LogP) is 4.38. The van der Waals surface area contributed by atoms with E-state index in [0.717, 1.165) is 0 Å². The molecule has 0 fully saturated rings. The number of halogens is 6. The van der Waals surface area contributed by atoms with E-state index in [2.05, 4.69) is 5.32 Å². The second kappa shape index (κ2) is 8.10. The van der Waals surface area contributed by atoms with Crippen LogP contribution in [0.5, 0.6) is 17.2 Å². The van der Waals surface area contributed by atoms with Crippen LogP contribution in [-0.2, 0) is 18.9 Å². The number of nitrogens with one attached hydrogen (secondary N) is 1. The van der Waals surface area contributed by atoms with Gasteiger partial charge in [0.1, 0.15) is 0 Å². The van der Waals surface area contributed by atoms with Gasteiger partial charge in [0.05, 0.1) is 25.3 Å². The Morgan fingerprint density at radius 2 is 1.34 bits per heavy atom. The van der Waals surface area contributed by atoms with E-state index in [1.807, 2.05) is 0 Å². The number of ether oxygens (including phenoxy) is 2. The summed E-state index contributed by atoms with van der Waals surface area (Å²) in [5, 5.41) is 12.1. The topological polar surface area (TPSA) is 67.8 Å². The van der Waals surface area contributed by atoms with Gasteiger partial charge < -0.3 is 19.9 Å². The molecule has 2 aromatic rings. The molecule has 0 atom stereocenters. The molecule has 0 aromatic heterocycles. The van der Waals surface area contributed by atoms with Gasteiger partial charge in [-0.2, -0.15) is 26.3 Å². The number of hydrogen-bond acceptors (Lipinski definition) is 4. The number of amides is 1. The Hall–Kier alpha value is -3.11. The number of hydrogen-bond donors (Lipinski definition) is 2. The summed E-state index contributed by atoms with van der Waals surface area (Å²) < 4.78 is 87.3. The first-order valence-electron chi connectivity index (χ1n) is 7.88. The molecule has 0 heterocycles. The van der Waals surface area contributed by atoms with E-state index < -0.39 is 35.0 Å². The van der Waals surface area contributed by atoms with Crippen molar-refractivity contribution in [2.75, 3.05) is 14.2 Å². The van der Waals surface area contributed by atoms with Gasteiger partial charge in [-0.3, -0.25) is 4.79 Å². The molecule has 2 rings (SSSR count). The summed E-state index contributed by atoms with van der Waals surface area (Å²) in [6, 6.07) is 3.26. The number of carbonyl (C=O) groups is 1. The van der Waals surface area contributed by atoms with Crippen LogP contribution < -0.4 is 14.8 Å². The highest BCUT2D eigenvalue weighted by Crippen LogP contribution is 2.38. The molecule has 0 saturated carbocycles. The minimum Gasteiger partial charge on any atom is -0.502 e. The maximum Gasteiger partial charge on any atom is 0.416 e. The molecular weight excluding hydrogens is 408 g/mol. The normalized spacial score (nSPS) is 11.9. The zero-order valence-corrected chi connectivity index (χ0v) is 15.0. The Bertz CT molecular complexity index is 851. The molecule has 5 nitrogen and oxygen atoms in total. The van der Waals surface area contributed by atoms with Gasteiger partial charge in [-0.15, -0.1) is 0 Å². The number of alkyl halides is 6. The minimum absolute atomic E-state index is 0.00651. The average Bonchev–Trinajstić information content (AvgIpc) is 2.65. The molecule has 2 N–H and O–H groups in total. The fourth-order valence-electron chi connectivity index (χ4n) is 2.42. The van der Waals surface area contributed by atoms with Gasteiger partial charge in [-0.05, 0) is 35.9 Å². The zero-order chi connectivity index (χ0) is 22.0. The predicted molar refractivity (Wildman–Crippen MR) is 88.8 cm³/mol. The lowest BCUT2D eigenvalue weighted by Gasteiger charge is -2.15. The van der Waals surface area contributed by atoms with Crippen LogP contribution in [0.15, 0.2) is 30.3 Å². The summed E-state index contributed by atoms with van der Waals surface area (Å²) >= 11 is 0. The Kier molecular flexibility index (Phi) is 6.19. The van der Waals surface area contributed by atoms with Crippen molar-refractivity contribution < 1.29 is 45.7 Å². The SMILES string of the molecule is COc1cc(CNC(=O)c2cc(C(F)(F)F)cc(C(F)(F)F)c2)cc(OC)c1O. The third-order valence-electron chi connectivity index (χ3n) is 3.84. The highest BCUT2D eigenvalue weighted by atomic mass is 19.4. The standard InChI is InChI=1S/C18H15F6NO4/c1-28-13-3-9(4-14(29-2)15(13)26)8-25-16(27)10-5-11(17(19,20)21)7-12(6-10)18(22,23)24/h3-7,26H,8H2,1-2H3,(H,25,27). The summed E-state index contributed by atoms with van der Waals surface area (Å²) in [5.41, 5.74) is -3.66. The van der Waals surface area contributed by atoms with Crippen molar-refractivity contribution >= 4 is 5.91 Å². The number of carbonyl (C=O) groups excluding carboxylic acids is 1. The monoisotopic (exact) mass is 423 g/mol. The molecule has 0 radical (unpaired) electrons. The van der Waals surface area contributed by atoms with E-state index in [-0.39, 0.29) is 29.9 Å². The highest BCUT2D eigenvalue weighted by molar-refractivity contribution is 5.94. The van der Waals surface area contributed by atoms with Gasteiger partial charge in [-0.25, -0.2) is 0 Å². The fraction of sp³-hybridized carbons (Fsp3) is 0.278. The van der Waals surface area contributed by atoms with Gasteiger partial charge in [0.2, 0.25) is 5.75 Å². The zero-order valence-electron chi connectivity index (χ0n) is 15.0. The lowest BCUT2D eigenvalue weighted by molar-refractivity contribution is -0.143. The van der Waals surface area contributed by atoms with Gasteiger partial charge in [0.15, 0.2) is 11.5 Å². The maximum atomic E-state index is 12.9. The number of methoxy groups -OCH3 is 2. The first-order valence-corrected chi connectivity index (χ1v) is 7.88. The Morgan fingerprint density at radius 3 is 1.72 bits per heavy atom. The molecule has 29 heavy (non-hydrogen) atoms. The van der Waals surface area contributed by atoms with Gasteiger partial charge in [-0.1, -0.05) is 0 Å². The smallest absolute Gasteiger partial charge is 0.416 e. The summed E-state index contributed by atoms with van der Waals surface area (Å²) in [6.45, 7) is -0.274. The van der Waals surface area contributed by atoms with E-state index in [4.69, 9.17) is 9.47 Å². The van der Waals surface area contributed by atoms with Crippen LogP contribution in [0.2, 0.25) is 0 Å². The molecule has 158 valence electrons. The molecule has 11 heteroatoms. The van der Waals surface area contributed by atoms with E-state index in [1.54, 1.807) is 0 Å². The molecule has 2 aromatic carbocycles. The van der Waals surface area contributed by atoms with Gasteiger partial charge in [0, 0.05) is 12.1 Å². The quantitative estimate of drug-likeness (QED) is 0.701. The third-order valence-corrected chi connectivity index (χ3v) is 3.84.